The first-order valence-electron chi connectivity index (χ1n) is 6.40. The first-order valence-corrected chi connectivity index (χ1v) is 6.40. The Labute approximate surface area is 117 Å². The van der Waals surface area contributed by atoms with Crippen LogP contribution >= 0.6 is 0 Å². The zero-order valence-electron chi connectivity index (χ0n) is 11.7. The van der Waals surface area contributed by atoms with Crippen molar-refractivity contribution in [3.8, 4) is 22.9 Å². The van der Waals surface area contributed by atoms with Crippen molar-refractivity contribution in [2.75, 3.05) is 14.2 Å². The third-order valence-electron chi connectivity index (χ3n) is 3.29. The molecule has 0 aliphatic heterocycles. The van der Waals surface area contributed by atoms with Gasteiger partial charge in [0, 0.05) is 5.56 Å². The molecule has 4 heteroatoms. The van der Waals surface area contributed by atoms with Gasteiger partial charge in [0.2, 0.25) is 0 Å². The smallest absolute Gasteiger partial charge is 0.161 e. The normalized spacial score (nSPS) is 10.8. The summed E-state index contributed by atoms with van der Waals surface area (Å²) in [7, 11) is 3.26. The third-order valence-corrected chi connectivity index (χ3v) is 3.29. The van der Waals surface area contributed by atoms with Gasteiger partial charge in [-0.25, -0.2) is 4.98 Å². The van der Waals surface area contributed by atoms with Crippen LogP contribution in [0.1, 0.15) is 5.56 Å². The summed E-state index contributed by atoms with van der Waals surface area (Å²) in [6.07, 6.45) is 0. The highest BCUT2D eigenvalue weighted by Crippen LogP contribution is 2.31. The summed E-state index contributed by atoms with van der Waals surface area (Å²) in [5.74, 6) is 2.23. The molecule has 2 aromatic carbocycles. The second-order valence-electron chi connectivity index (χ2n) is 4.68. The van der Waals surface area contributed by atoms with Gasteiger partial charge >= 0.3 is 0 Å². The van der Waals surface area contributed by atoms with Gasteiger partial charge in [-0.3, -0.25) is 0 Å². The van der Waals surface area contributed by atoms with E-state index in [0.29, 0.717) is 11.5 Å². The van der Waals surface area contributed by atoms with Crippen LogP contribution in [0.5, 0.6) is 11.5 Å². The van der Waals surface area contributed by atoms with Crippen molar-refractivity contribution in [3.05, 3.63) is 42.0 Å². The molecular formula is C16H16N2O2. The number of aromatic nitrogens is 2. The Morgan fingerprint density at radius 3 is 2.50 bits per heavy atom. The fourth-order valence-corrected chi connectivity index (χ4v) is 2.24. The summed E-state index contributed by atoms with van der Waals surface area (Å²) in [4.78, 5) is 7.94. The molecular weight excluding hydrogens is 252 g/mol. The van der Waals surface area contributed by atoms with Gasteiger partial charge in [0.05, 0.1) is 25.3 Å². The molecule has 4 nitrogen and oxygen atoms in total. The number of aromatic amines is 1. The lowest BCUT2D eigenvalue weighted by atomic mass is 10.2. The first kappa shape index (κ1) is 12.5. The Morgan fingerprint density at radius 1 is 0.950 bits per heavy atom. The molecule has 3 aromatic rings. The van der Waals surface area contributed by atoms with E-state index >= 15 is 0 Å². The van der Waals surface area contributed by atoms with E-state index in [4.69, 9.17) is 9.47 Å². The molecule has 0 unspecified atom stereocenters. The Kier molecular flexibility index (Phi) is 3.06. The summed E-state index contributed by atoms with van der Waals surface area (Å²) in [5, 5.41) is 0. The van der Waals surface area contributed by atoms with Gasteiger partial charge in [-0.05, 0) is 42.8 Å². The maximum absolute atomic E-state index is 5.32. The Morgan fingerprint density at radius 2 is 1.75 bits per heavy atom. The summed E-state index contributed by atoms with van der Waals surface area (Å²) < 4.78 is 10.6. The molecule has 1 heterocycles. The SMILES string of the molecule is COc1ccc(-c2nc3ccc(C)cc3[nH]2)cc1OC. The molecule has 0 atom stereocenters. The monoisotopic (exact) mass is 268 g/mol. The van der Waals surface area contributed by atoms with E-state index in [1.807, 2.05) is 24.3 Å². The highest BCUT2D eigenvalue weighted by Gasteiger charge is 2.09. The van der Waals surface area contributed by atoms with Gasteiger partial charge in [0.15, 0.2) is 11.5 Å². The Balaban J connectivity index is 2.10. The van der Waals surface area contributed by atoms with Crippen LogP contribution in [0.25, 0.3) is 22.4 Å². The van der Waals surface area contributed by atoms with Crippen molar-refractivity contribution in [1.29, 1.82) is 0 Å². The van der Waals surface area contributed by atoms with Crippen LogP contribution in [0.15, 0.2) is 36.4 Å². The van der Waals surface area contributed by atoms with Crippen molar-refractivity contribution < 1.29 is 9.47 Å². The number of nitrogens with one attached hydrogen (secondary N) is 1. The lowest BCUT2D eigenvalue weighted by Gasteiger charge is -2.08. The number of methoxy groups -OCH3 is 2. The molecule has 1 N–H and O–H groups in total. The maximum Gasteiger partial charge on any atom is 0.161 e. The van der Waals surface area contributed by atoms with Crippen molar-refractivity contribution in [2.24, 2.45) is 0 Å². The topological polar surface area (TPSA) is 47.1 Å². The number of aryl methyl sites for hydroxylation is 1. The van der Waals surface area contributed by atoms with Crippen molar-refractivity contribution >= 4 is 11.0 Å². The van der Waals surface area contributed by atoms with Gasteiger partial charge in [0.25, 0.3) is 0 Å². The molecule has 102 valence electrons. The number of ether oxygens (including phenoxy) is 2. The van der Waals surface area contributed by atoms with Crippen LogP contribution in [-0.4, -0.2) is 24.2 Å². The predicted molar refractivity (Wildman–Crippen MR) is 79.4 cm³/mol. The van der Waals surface area contributed by atoms with Gasteiger partial charge in [-0.15, -0.1) is 0 Å². The largest absolute Gasteiger partial charge is 0.493 e. The zero-order chi connectivity index (χ0) is 14.1. The minimum Gasteiger partial charge on any atom is -0.493 e. The first-order chi connectivity index (χ1) is 9.71. The number of imidazole rings is 1. The number of nitrogens with zero attached hydrogens (tertiary/aromatic N) is 1. The lowest BCUT2D eigenvalue weighted by molar-refractivity contribution is 0.355. The number of hydrogen-bond acceptors (Lipinski definition) is 3. The molecule has 0 saturated heterocycles. The number of H-pyrrole nitrogens is 1. The zero-order valence-corrected chi connectivity index (χ0v) is 11.7. The van der Waals surface area contributed by atoms with Crippen molar-refractivity contribution in [1.82, 2.24) is 9.97 Å². The lowest BCUT2D eigenvalue weighted by Crippen LogP contribution is -1.91. The molecule has 3 rings (SSSR count). The minimum absolute atomic E-state index is 0.696. The molecule has 0 aliphatic carbocycles. The molecule has 0 amide bonds. The molecule has 1 aromatic heterocycles. The summed E-state index contributed by atoms with van der Waals surface area (Å²) in [5.41, 5.74) is 4.17. The second-order valence-corrected chi connectivity index (χ2v) is 4.68. The second kappa shape index (κ2) is 4.89. The van der Waals surface area contributed by atoms with Crippen LogP contribution in [0.4, 0.5) is 0 Å². The minimum atomic E-state index is 0.696. The van der Waals surface area contributed by atoms with E-state index in [1.54, 1.807) is 14.2 Å². The average Bonchev–Trinajstić information content (AvgIpc) is 2.89. The fraction of sp³-hybridized carbons (Fsp3) is 0.188. The van der Waals surface area contributed by atoms with Crippen LogP contribution in [0.2, 0.25) is 0 Å². The van der Waals surface area contributed by atoms with E-state index in [1.165, 1.54) is 5.56 Å². The van der Waals surface area contributed by atoms with Gasteiger partial charge < -0.3 is 14.5 Å². The number of hydrogen-bond donors (Lipinski definition) is 1. The van der Waals surface area contributed by atoms with E-state index in [0.717, 1.165) is 22.4 Å². The van der Waals surface area contributed by atoms with Gasteiger partial charge in [-0.1, -0.05) is 6.07 Å². The van der Waals surface area contributed by atoms with Crippen molar-refractivity contribution in [3.63, 3.8) is 0 Å². The van der Waals surface area contributed by atoms with E-state index in [9.17, 15) is 0 Å². The quantitative estimate of drug-likeness (QED) is 0.790. The summed E-state index contributed by atoms with van der Waals surface area (Å²) in [6, 6.07) is 11.9. The maximum atomic E-state index is 5.32. The molecule has 0 bridgehead atoms. The van der Waals surface area contributed by atoms with Crippen LogP contribution in [0, 0.1) is 6.92 Å². The number of benzene rings is 2. The van der Waals surface area contributed by atoms with E-state index < -0.39 is 0 Å². The van der Waals surface area contributed by atoms with E-state index in [2.05, 4.69) is 29.0 Å². The van der Waals surface area contributed by atoms with Crippen molar-refractivity contribution in [2.45, 2.75) is 6.92 Å². The molecule has 20 heavy (non-hydrogen) atoms. The average molecular weight is 268 g/mol. The number of fused-ring (bicyclic) bond motifs is 1. The Hall–Kier alpha value is -2.49. The standard InChI is InChI=1S/C16H16N2O2/c1-10-4-6-12-13(8-10)18-16(17-12)11-5-7-14(19-2)15(9-11)20-3/h4-9H,1-3H3,(H,17,18). The highest BCUT2D eigenvalue weighted by molar-refractivity contribution is 5.80. The Bertz CT molecular complexity index is 762. The molecule has 0 radical (unpaired) electrons. The predicted octanol–water partition coefficient (Wildman–Crippen LogP) is 3.56. The summed E-state index contributed by atoms with van der Waals surface area (Å²) in [6.45, 7) is 2.07. The molecule has 0 saturated carbocycles. The highest BCUT2D eigenvalue weighted by atomic mass is 16.5. The molecule has 0 spiro atoms. The van der Waals surface area contributed by atoms with E-state index in [-0.39, 0.29) is 0 Å². The van der Waals surface area contributed by atoms with Crippen LogP contribution in [0.3, 0.4) is 0 Å². The summed E-state index contributed by atoms with van der Waals surface area (Å²) >= 11 is 0. The van der Waals surface area contributed by atoms with Gasteiger partial charge in [0.1, 0.15) is 5.82 Å². The van der Waals surface area contributed by atoms with Crippen LogP contribution < -0.4 is 9.47 Å². The number of rotatable bonds is 3. The fourth-order valence-electron chi connectivity index (χ4n) is 2.24. The molecule has 0 aliphatic rings. The third kappa shape index (κ3) is 2.09. The van der Waals surface area contributed by atoms with Gasteiger partial charge in [-0.2, -0.15) is 0 Å². The molecule has 0 fully saturated rings. The van der Waals surface area contributed by atoms with Crippen LogP contribution in [-0.2, 0) is 0 Å².